The molecule has 1 aromatic carbocycles. The van der Waals surface area contributed by atoms with Crippen molar-refractivity contribution in [2.45, 2.75) is 24.9 Å². The Morgan fingerprint density at radius 1 is 1.29 bits per heavy atom. The Balaban J connectivity index is 2.01. The lowest BCUT2D eigenvalue weighted by Gasteiger charge is -2.34. The molecule has 1 aliphatic heterocycles. The van der Waals surface area contributed by atoms with Crippen LogP contribution >= 0.6 is 0 Å². The number of piperidine rings is 1. The highest BCUT2D eigenvalue weighted by Crippen LogP contribution is 2.29. The molecule has 2 nitrogen and oxygen atoms in total. The molecule has 92 valence electrons. The fourth-order valence-electron chi connectivity index (χ4n) is 2.28. The third kappa shape index (κ3) is 3.13. The number of carbonyl (C=O) groups excluding carboxylic acids is 1. The van der Waals surface area contributed by atoms with Crippen molar-refractivity contribution in [3.05, 3.63) is 35.4 Å². The largest absolute Gasteiger partial charge is 0.306 e. The van der Waals surface area contributed by atoms with Gasteiger partial charge in [0.05, 0.1) is 0 Å². The van der Waals surface area contributed by atoms with Crippen molar-refractivity contribution in [3.8, 4) is 0 Å². The maximum atomic E-state index is 14.5. The molecule has 0 atom stereocenters. The van der Waals surface area contributed by atoms with Crippen LogP contribution in [0.1, 0.15) is 28.8 Å². The van der Waals surface area contributed by atoms with Gasteiger partial charge in [0.25, 0.3) is 0 Å². The zero-order valence-electron chi connectivity index (χ0n) is 10.2. The minimum absolute atomic E-state index is 0.458. The number of hydrogen-bond acceptors (Lipinski definition) is 2. The van der Waals surface area contributed by atoms with Crippen molar-refractivity contribution in [1.29, 1.82) is 0 Å². The molecule has 0 radical (unpaired) electrons. The third-order valence-electron chi connectivity index (χ3n) is 3.52. The van der Waals surface area contributed by atoms with E-state index >= 15 is 0 Å². The van der Waals surface area contributed by atoms with E-state index in [1.165, 1.54) is 0 Å². The average Bonchev–Trinajstić information content (AvgIpc) is 2.34. The number of rotatable bonds is 3. The van der Waals surface area contributed by atoms with Crippen LogP contribution in [0.2, 0.25) is 0 Å². The summed E-state index contributed by atoms with van der Waals surface area (Å²) < 4.78 is 14.5. The van der Waals surface area contributed by atoms with E-state index in [9.17, 15) is 9.18 Å². The summed E-state index contributed by atoms with van der Waals surface area (Å²) in [6.07, 6.45) is 2.46. The standard InChI is InChI=1S/C14H18FNO/c1-16-8-6-14(15,7-9-16)10-12-2-4-13(11-17)5-3-12/h2-5,11H,6-10H2,1H3. The van der Waals surface area contributed by atoms with Crippen molar-refractivity contribution in [2.75, 3.05) is 20.1 Å². The number of alkyl halides is 1. The molecule has 1 saturated heterocycles. The molecule has 0 unspecified atom stereocenters. The SMILES string of the molecule is CN1CCC(F)(Cc2ccc(C=O)cc2)CC1. The summed E-state index contributed by atoms with van der Waals surface area (Å²) in [7, 11) is 2.03. The van der Waals surface area contributed by atoms with E-state index in [0.717, 1.165) is 24.9 Å². The second-order valence-corrected chi connectivity index (χ2v) is 4.99. The Labute approximate surface area is 101 Å². The van der Waals surface area contributed by atoms with Crippen LogP contribution in [0.15, 0.2) is 24.3 Å². The molecule has 0 aromatic heterocycles. The van der Waals surface area contributed by atoms with Crippen molar-refractivity contribution in [1.82, 2.24) is 4.90 Å². The Bertz CT molecular complexity index is 380. The highest BCUT2D eigenvalue weighted by Gasteiger charge is 2.33. The zero-order chi connectivity index (χ0) is 12.3. The van der Waals surface area contributed by atoms with Gasteiger partial charge in [-0.2, -0.15) is 0 Å². The van der Waals surface area contributed by atoms with Crippen molar-refractivity contribution in [2.24, 2.45) is 0 Å². The molecule has 0 saturated carbocycles. The van der Waals surface area contributed by atoms with Crippen LogP contribution in [0.5, 0.6) is 0 Å². The van der Waals surface area contributed by atoms with Crippen LogP contribution in [0.4, 0.5) is 4.39 Å². The number of aldehydes is 1. The highest BCUT2D eigenvalue weighted by molar-refractivity contribution is 5.74. The first-order chi connectivity index (χ1) is 8.11. The number of benzene rings is 1. The van der Waals surface area contributed by atoms with Crippen LogP contribution < -0.4 is 0 Å². The molecular weight excluding hydrogens is 217 g/mol. The normalized spacial score (nSPS) is 20.1. The van der Waals surface area contributed by atoms with Gasteiger partial charge in [-0.25, -0.2) is 4.39 Å². The van der Waals surface area contributed by atoms with Gasteiger partial charge >= 0.3 is 0 Å². The maximum Gasteiger partial charge on any atom is 0.150 e. The minimum Gasteiger partial charge on any atom is -0.306 e. The third-order valence-corrected chi connectivity index (χ3v) is 3.52. The molecule has 1 heterocycles. The summed E-state index contributed by atoms with van der Waals surface area (Å²) in [5, 5.41) is 0. The first-order valence-electron chi connectivity index (χ1n) is 6.03. The number of carbonyl (C=O) groups is 1. The summed E-state index contributed by atoms with van der Waals surface area (Å²) in [6, 6.07) is 7.20. The second kappa shape index (κ2) is 4.96. The summed E-state index contributed by atoms with van der Waals surface area (Å²) >= 11 is 0. The maximum absolute atomic E-state index is 14.5. The van der Waals surface area contributed by atoms with Crippen LogP contribution in [0.25, 0.3) is 0 Å². The molecule has 0 spiro atoms. The average molecular weight is 235 g/mol. The van der Waals surface area contributed by atoms with Crippen LogP contribution in [-0.2, 0) is 6.42 Å². The van der Waals surface area contributed by atoms with Crippen molar-refractivity contribution in [3.63, 3.8) is 0 Å². The van der Waals surface area contributed by atoms with Gasteiger partial charge in [-0.05, 0) is 25.5 Å². The van der Waals surface area contributed by atoms with E-state index in [1.807, 2.05) is 19.2 Å². The van der Waals surface area contributed by atoms with Crippen LogP contribution in [0, 0.1) is 0 Å². The number of halogens is 1. The Kier molecular flexibility index (Phi) is 3.57. The van der Waals surface area contributed by atoms with Crippen molar-refractivity contribution < 1.29 is 9.18 Å². The lowest BCUT2D eigenvalue weighted by molar-refractivity contribution is 0.0698. The summed E-state index contributed by atoms with van der Waals surface area (Å²) in [5.74, 6) is 0. The smallest absolute Gasteiger partial charge is 0.150 e. The molecule has 1 aliphatic rings. The van der Waals surface area contributed by atoms with E-state index in [4.69, 9.17) is 0 Å². The molecule has 17 heavy (non-hydrogen) atoms. The Hall–Kier alpha value is -1.22. The molecule has 0 bridgehead atoms. The second-order valence-electron chi connectivity index (χ2n) is 4.99. The molecule has 0 N–H and O–H groups in total. The first-order valence-corrected chi connectivity index (χ1v) is 6.03. The predicted molar refractivity (Wildman–Crippen MR) is 66.1 cm³/mol. The lowest BCUT2D eigenvalue weighted by atomic mass is 9.87. The highest BCUT2D eigenvalue weighted by atomic mass is 19.1. The molecule has 2 rings (SSSR count). The van der Waals surface area contributed by atoms with Gasteiger partial charge in [0.15, 0.2) is 0 Å². The molecule has 0 aliphatic carbocycles. The molecule has 3 heteroatoms. The minimum atomic E-state index is -1.07. The van der Waals surface area contributed by atoms with Crippen molar-refractivity contribution >= 4 is 6.29 Å². The van der Waals surface area contributed by atoms with E-state index in [1.54, 1.807) is 12.1 Å². The summed E-state index contributed by atoms with van der Waals surface area (Å²) in [6.45, 7) is 1.64. The molecule has 1 fully saturated rings. The molecule has 1 aromatic rings. The predicted octanol–water partition coefficient (Wildman–Crippen LogP) is 2.48. The van der Waals surface area contributed by atoms with Crippen LogP contribution in [-0.4, -0.2) is 37.0 Å². The van der Waals surface area contributed by atoms with Gasteiger partial charge in [0.1, 0.15) is 12.0 Å². The van der Waals surface area contributed by atoms with Gasteiger partial charge in [-0.1, -0.05) is 24.3 Å². The van der Waals surface area contributed by atoms with Gasteiger partial charge in [-0.3, -0.25) is 4.79 Å². The fraction of sp³-hybridized carbons (Fsp3) is 0.500. The van der Waals surface area contributed by atoms with Gasteiger partial charge < -0.3 is 4.90 Å². The lowest BCUT2D eigenvalue weighted by Crippen LogP contribution is -2.41. The Morgan fingerprint density at radius 3 is 2.41 bits per heavy atom. The van der Waals surface area contributed by atoms with Gasteiger partial charge in [0, 0.05) is 25.1 Å². The summed E-state index contributed by atoms with van der Waals surface area (Å²) in [4.78, 5) is 12.7. The van der Waals surface area contributed by atoms with Gasteiger partial charge in [-0.15, -0.1) is 0 Å². The van der Waals surface area contributed by atoms with E-state index < -0.39 is 5.67 Å². The van der Waals surface area contributed by atoms with E-state index in [-0.39, 0.29) is 0 Å². The molecule has 0 amide bonds. The number of likely N-dealkylation sites (tertiary alicyclic amines) is 1. The quantitative estimate of drug-likeness (QED) is 0.750. The fourth-order valence-corrected chi connectivity index (χ4v) is 2.28. The Morgan fingerprint density at radius 2 is 1.88 bits per heavy atom. The topological polar surface area (TPSA) is 20.3 Å². The first kappa shape index (κ1) is 12.2. The van der Waals surface area contributed by atoms with Crippen LogP contribution in [0.3, 0.4) is 0 Å². The monoisotopic (exact) mass is 235 g/mol. The number of nitrogens with zero attached hydrogens (tertiary/aromatic N) is 1. The number of hydrogen-bond donors (Lipinski definition) is 0. The van der Waals surface area contributed by atoms with E-state index in [0.29, 0.717) is 24.8 Å². The molecular formula is C14H18FNO. The summed E-state index contributed by atoms with van der Waals surface area (Å²) in [5.41, 5.74) is 0.544. The van der Waals surface area contributed by atoms with Gasteiger partial charge in [0.2, 0.25) is 0 Å². The van der Waals surface area contributed by atoms with E-state index in [2.05, 4.69) is 4.90 Å². The zero-order valence-corrected chi connectivity index (χ0v) is 10.2.